The van der Waals surface area contributed by atoms with E-state index in [1.54, 1.807) is 49.1 Å². The first-order chi connectivity index (χ1) is 13.7. The van der Waals surface area contributed by atoms with Crippen LogP contribution >= 0.6 is 0 Å². The minimum absolute atomic E-state index is 0.0216. The lowest BCUT2D eigenvalue weighted by atomic mass is 10.3. The predicted octanol–water partition coefficient (Wildman–Crippen LogP) is 3.90. The van der Waals surface area contributed by atoms with Gasteiger partial charge in [0.05, 0.1) is 23.3 Å². The van der Waals surface area contributed by atoms with E-state index in [-0.39, 0.29) is 18.3 Å². The number of halogens is 3. The average molecular weight is 424 g/mol. The van der Waals surface area contributed by atoms with Crippen molar-refractivity contribution in [3.05, 3.63) is 47.9 Å². The first-order valence-electron chi connectivity index (χ1n) is 8.64. The molecule has 1 aromatic carbocycles. The second-order valence-electron chi connectivity index (χ2n) is 6.11. The molecule has 2 heterocycles. The summed E-state index contributed by atoms with van der Waals surface area (Å²) in [6.07, 6.45) is -0.668. The first-order valence-corrected chi connectivity index (χ1v) is 10.2. The summed E-state index contributed by atoms with van der Waals surface area (Å²) < 4.78 is 52.4. The Labute approximate surface area is 167 Å². The van der Waals surface area contributed by atoms with Crippen molar-refractivity contribution in [3.63, 3.8) is 0 Å². The molecule has 0 aliphatic carbocycles. The molecule has 0 saturated carbocycles. The summed E-state index contributed by atoms with van der Waals surface area (Å²) in [5.74, 6) is -0.265. The summed E-state index contributed by atoms with van der Waals surface area (Å²) in [6, 6.07) is 7.08. The summed E-state index contributed by atoms with van der Waals surface area (Å²) in [5, 5.41) is 9.82. The van der Waals surface area contributed by atoms with Crippen molar-refractivity contribution in [2.24, 2.45) is 0 Å². The Morgan fingerprint density at radius 1 is 1.17 bits per heavy atom. The van der Waals surface area contributed by atoms with Gasteiger partial charge in [0.2, 0.25) is 5.95 Å². The minimum Gasteiger partial charge on any atom is -0.370 e. The molecule has 154 valence electrons. The van der Waals surface area contributed by atoms with E-state index in [1.807, 2.05) is 0 Å². The summed E-state index contributed by atoms with van der Waals surface area (Å²) in [7, 11) is -1.08. The lowest BCUT2D eigenvalue weighted by molar-refractivity contribution is -0.137. The number of hydrogen-bond donors (Lipinski definition) is 2. The van der Waals surface area contributed by atoms with Gasteiger partial charge in [0.1, 0.15) is 11.4 Å². The zero-order valence-electron chi connectivity index (χ0n) is 15.9. The molecule has 7 nitrogen and oxygen atoms in total. The largest absolute Gasteiger partial charge is 0.421 e. The fourth-order valence-electron chi connectivity index (χ4n) is 2.64. The van der Waals surface area contributed by atoms with Crippen LogP contribution in [0.4, 0.5) is 30.6 Å². The SMILES string of the molecule is CCNc1nc(Nc2cnn(-c3ccc(S(C)=O)cc3)c2C)ncc1C(F)(F)F. The normalized spacial score (nSPS) is 12.6. The lowest BCUT2D eigenvalue weighted by Gasteiger charge is -2.14. The third kappa shape index (κ3) is 4.56. The second kappa shape index (κ2) is 8.19. The fraction of sp³-hybridized carbons (Fsp3) is 0.278. The van der Waals surface area contributed by atoms with Crippen molar-refractivity contribution in [3.8, 4) is 5.69 Å². The van der Waals surface area contributed by atoms with Crippen LogP contribution in [0.1, 0.15) is 18.2 Å². The van der Waals surface area contributed by atoms with Gasteiger partial charge in [-0.3, -0.25) is 4.21 Å². The predicted molar refractivity (Wildman–Crippen MR) is 105 cm³/mol. The molecule has 0 saturated heterocycles. The number of nitrogens with one attached hydrogen (secondary N) is 2. The van der Waals surface area contributed by atoms with Crippen molar-refractivity contribution in [2.75, 3.05) is 23.4 Å². The Morgan fingerprint density at radius 3 is 2.45 bits per heavy atom. The molecule has 0 radical (unpaired) electrons. The van der Waals surface area contributed by atoms with Crippen LogP contribution in [-0.4, -0.2) is 36.8 Å². The van der Waals surface area contributed by atoms with E-state index in [1.165, 1.54) is 6.20 Å². The molecule has 2 aromatic heterocycles. The van der Waals surface area contributed by atoms with Gasteiger partial charge >= 0.3 is 6.18 Å². The first kappa shape index (κ1) is 20.8. The van der Waals surface area contributed by atoms with E-state index in [4.69, 9.17) is 0 Å². The van der Waals surface area contributed by atoms with Gasteiger partial charge in [0.25, 0.3) is 0 Å². The highest BCUT2D eigenvalue weighted by Gasteiger charge is 2.35. The van der Waals surface area contributed by atoms with Crippen LogP contribution in [-0.2, 0) is 17.0 Å². The van der Waals surface area contributed by atoms with Crippen LogP contribution in [0, 0.1) is 6.92 Å². The maximum atomic E-state index is 13.1. The summed E-state index contributed by atoms with van der Waals surface area (Å²) in [5.41, 5.74) is 1.09. The van der Waals surface area contributed by atoms with Crippen molar-refractivity contribution in [2.45, 2.75) is 24.9 Å². The van der Waals surface area contributed by atoms with Gasteiger partial charge in [0.15, 0.2) is 0 Å². The van der Waals surface area contributed by atoms with Crippen molar-refractivity contribution in [1.82, 2.24) is 19.7 Å². The Bertz CT molecular complexity index is 1030. The standard InChI is InChI=1S/C18H19F3N6OS/c1-4-22-16-14(18(19,20)21)9-23-17(26-16)25-15-10-24-27(11(15)2)12-5-7-13(8-6-12)29(3)28/h5-10H,4H2,1-3H3,(H2,22,23,25,26). The van der Waals surface area contributed by atoms with E-state index in [0.29, 0.717) is 16.3 Å². The molecule has 1 atom stereocenters. The Hall–Kier alpha value is -2.95. The summed E-state index contributed by atoms with van der Waals surface area (Å²) >= 11 is 0. The van der Waals surface area contributed by atoms with E-state index in [9.17, 15) is 17.4 Å². The lowest BCUT2D eigenvalue weighted by Crippen LogP contribution is -2.14. The van der Waals surface area contributed by atoms with Gasteiger partial charge in [-0.1, -0.05) is 0 Å². The Morgan fingerprint density at radius 2 is 1.86 bits per heavy atom. The van der Waals surface area contributed by atoms with Crippen molar-refractivity contribution in [1.29, 1.82) is 0 Å². The molecule has 3 rings (SSSR count). The molecule has 2 N–H and O–H groups in total. The average Bonchev–Trinajstić information content (AvgIpc) is 3.02. The summed E-state index contributed by atoms with van der Waals surface area (Å²) in [4.78, 5) is 8.44. The van der Waals surface area contributed by atoms with Crippen LogP contribution in [0.15, 0.2) is 41.6 Å². The number of hydrogen-bond acceptors (Lipinski definition) is 6. The molecule has 0 aliphatic rings. The maximum Gasteiger partial charge on any atom is 0.421 e. The van der Waals surface area contributed by atoms with Crippen LogP contribution < -0.4 is 10.6 Å². The number of nitrogens with zero attached hydrogens (tertiary/aromatic N) is 4. The van der Waals surface area contributed by atoms with Crippen LogP contribution in [0.5, 0.6) is 0 Å². The number of anilines is 3. The smallest absolute Gasteiger partial charge is 0.370 e. The molecular formula is C18H19F3N6OS. The molecule has 0 bridgehead atoms. The molecular weight excluding hydrogens is 405 g/mol. The van der Waals surface area contributed by atoms with Gasteiger partial charge in [0, 0.05) is 34.7 Å². The van der Waals surface area contributed by atoms with Gasteiger partial charge in [-0.25, -0.2) is 9.67 Å². The molecule has 0 fully saturated rings. The minimum atomic E-state index is -4.55. The topological polar surface area (TPSA) is 84.7 Å². The Kier molecular flexibility index (Phi) is 5.87. The van der Waals surface area contributed by atoms with Crippen molar-refractivity contribution >= 4 is 28.3 Å². The van der Waals surface area contributed by atoms with Gasteiger partial charge in [-0.2, -0.15) is 23.3 Å². The fourth-order valence-corrected chi connectivity index (χ4v) is 3.16. The monoisotopic (exact) mass is 424 g/mol. The highest BCUT2D eigenvalue weighted by molar-refractivity contribution is 7.84. The molecule has 0 spiro atoms. The maximum absolute atomic E-state index is 13.1. The van der Waals surface area contributed by atoms with Crippen LogP contribution in [0.3, 0.4) is 0 Å². The molecule has 0 aliphatic heterocycles. The highest BCUT2D eigenvalue weighted by atomic mass is 32.2. The Balaban J connectivity index is 1.88. The molecule has 0 amide bonds. The van der Waals surface area contributed by atoms with E-state index < -0.39 is 22.5 Å². The van der Waals surface area contributed by atoms with Gasteiger partial charge in [-0.15, -0.1) is 0 Å². The molecule has 3 aromatic rings. The highest BCUT2D eigenvalue weighted by Crippen LogP contribution is 2.34. The zero-order chi connectivity index (χ0) is 21.2. The number of benzene rings is 1. The number of alkyl halides is 3. The van der Waals surface area contributed by atoms with E-state index in [2.05, 4.69) is 25.7 Å². The van der Waals surface area contributed by atoms with Gasteiger partial charge in [-0.05, 0) is 38.1 Å². The number of rotatable bonds is 6. The third-order valence-electron chi connectivity index (χ3n) is 4.11. The van der Waals surface area contributed by atoms with Crippen LogP contribution in [0.25, 0.3) is 5.69 Å². The van der Waals surface area contributed by atoms with Crippen molar-refractivity contribution < 1.29 is 17.4 Å². The quantitative estimate of drug-likeness (QED) is 0.624. The third-order valence-corrected chi connectivity index (χ3v) is 5.04. The number of aromatic nitrogens is 4. The van der Waals surface area contributed by atoms with Gasteiger partial charge < -0.3 is 10.6 Å². The zero-order valence-corrected chi connectivity index (χ0v) is 16.7. The summed E-state index contributed by atoms with van der Waals surface area (Å²) in [6.45, 7) is 3.77. The van der Waals surface area contributed by atoms with E-state index >= 15 is 0 Å². The van der Waals surface area contributed by atoms with Crippen LogP contribution in [0.2, 0.25) is 0 Å². The molecule has 11 heteroatoms. The second-order valence-corrected chi connectivity index (χ2v) is 7.49. The molecule has 1 unspecified atom stereocenters. The van der Waals surface area contributed by atoms with E-state index in [0.717, 1.165) is 11.9 Å². The molecule has 29 heavy (non-hydrogen) atoms.